The Morgan fingerprint density at radius 3 is 2.41 bits per heavy atom. The fourth-order valence-electron chi connectivity index (χ4n) is 2.50. The molecule has 0 spiro atoms. The average molecular weight is 484 g/mol. The Kier molecular flexibility index (Phi) is 10.5. The van der Waals surface area contributed by atoms with Crippen molar-refractivity contribution in [3.05, 3.63) is 59.5 Å². The van der Waals surface area contributed by atoms with Gasteiger partial charge >= 0.3 is 0 Å². The molecule has 1 aromatic heterocycles. The SMILES string of the molecule is CCNC(=NCC(=O)NCc1ccco1)N(C)Cc1ccc(CC)cc1.I. The Labute approximate surface area is 178 Å². The van der Waals surface area contributed by atoms with Crippen LogP contribution in [-0.2, 0) is 24.3 Å². The molecule has 0 radical (unpaired) electrons. The minimum atomic E-state index is -0.141. The zero-order chi connectivity index (χ0) is 18.8. The fraction of sp³-hybridized carbons (Fsp3) is 0.400. The van der Waals surface area contributed by atoms with E-state index in [-0.39, 0.29) is 36.4 Å². The van der Waals surface area contributed by atoms with Crippen molar-refractivity contribution in [3.8, 4) is 0 Å². The van der Waals surface area contributed by atoms with Gasteiger partial charge in [0.2, 0.25) is 5.91 Å². The van der Waals surface area contributed by atoms with Gasteiger partial charge < -0.3 is 20.0 Å². The van der Waals surface area contributed by atoms with Gasteiger partial charge in [0.05, 0.1) is 12.8 Å². The average Bonchev–Trinajstić information content (AvgIpc) is 3.17. The van der Waals surface area contributed by atoms with Crippen LogP contribution in [0.1, 0.15) is 30.7 Å². The van der Waals surface area contributed by atoms with Crippen molar-refractivity contribution in [1.82, 2.24) is 15.5 Å². The number of rotatable bonds is 8. The van der Waals surface area contributed by atoms with Crippen molar-refractivity contribution >= 4 is 35.8 Å². The molecule has 0 atom stereocenters. The molecular formula is C20H29IN4O2. The number of furan rings is 1. The summed E-state index contributed by atoms with van der Waals surface area (Å²) >= 11 is 0. The third kappa shape index (κ3) is 8.03. The minimum absolute atomic E-state index is 0. The summed E-state index contributed by atoms with van der Waals surface area (Å²) in [5.74, 6) is 1.29. The minimum Gasteiger partial charge on any atom is -0.467 e. The first-order valence-corrected chi connectivity index (χ1v) is 8.98. The molecule has 0 saturated heterocycles. The van der Waals surface area contributed by atoms with Crippen molar-refractivity contribution in [2.24, 2.45) is 4.99 Å². The van der Waals surface area contributed by atoms with Crippen LogP contribution < -0.4 is 10.6 Å². The van der Waals surface area contributed by atoms with E-state index in [9.17, 15) is 4.79 Å². The lowest BCUT2D eigenvalue weighted by atomic mass is 10.1. The summed E-state index contributed by atoms with van der Waals surface area (Å²) < 4.78 is 5.20. The van der Waals surface area contributed by atoms with Crippen LogP contribution in [0.25, 0.3) is 0 Å². The zero-order valence-electron chi connectivity index (χ0n) is 16.2. The fourth-order valence-corrected chi connectivity index (χ4v) is 2.50. The number of aryl methyl sites for hydroxylation is 1. The standard InChI is InChI=1S/C20H28N4O2.HI/c1-4-16-8-10-17(11-9-16)15-24(3)20(21-5-2)23-14-19(25)22-13-18-7-6-12-26-18;/h6-12H,4-5,13-15H2,1-3H3,(H,21,23)(H,22,25);1H. The van der Waals surface area contributed by atoms with Crippen LogP contribution in [0.4, 0.5) is 0 Å². The number of nitrogens with one attached hydrogen (secondary N) is 2. The largest absolute Gasteiger partial charge is 0.467 e. The molecule has 1 heterocycles. The van der Waals surface area contributed by atoms with E-state index in [0.29, 0.717) is 12.5 Å². The van der Waals surface area contributed by atoms with Crippen molar-refractivity contribution in [1.29, 1.82) is 0 Å². The van der Waals surface area contributed by atoms with E-state index in [1.54, 1.807) is 12.3 Å². The molecule has 0 unspecified atom stereocenters. The van der Waals surface area contributed by atoms with E-state index in [2.05, 4.69) is 46.8 Å². The van der Waals surface area contributed by atoms with Gasteiger partial charge in [0.25, 0.3) is 0 Å². The Balaban J connectivity index is 0.00000364. The number of hydrogen-bond acceptors (Lipinski definition) is 3. The van der Waals surface area contributed by atoms with E-state index in [4.69, 9.17) is 4.42 Å². The van der Waals surface area contributed by atoms with Crippen molar-refractivity contribution in [3.63, 3.8) is 0 Å². The van der Waals surface area contributed by atoms with Crippen LogP contribution in [0, 0.1) is 0 Å². The molecule has 6 nitrogen and oxygen atoms in total. The summed E-state index contributed by atoms with van der Waals surface area (Å²) in [5.41, 5.74) is 2.53. The number of guanidine groups is 1. The van der Waals surface area contributed by atoms with Gasteiger partial charge in [0, 0.05) is 20.1 Å². The molecule has 2 rings (SSSR count). The highest BCUT2D eigenvalue weighted by Crippen LogP contribution is 2.07. The van der Waals surface area contributed by atoms with Gasteiger partial charge in [-0.3, -0.25) is 4.79 Å². The first-order valence-electron chi connectivity index (χ1n) is 8.98. The van der Waals surface area contributed by atoms with Gasteiger partial charge in [-0.2, -0.15) is 0 Å². The highest BCUT2D eigenvalue weighted by atomic mass is 127. The lowest BCUT2D eigenvalue weighted by Gasteiger charge is -2.22. The molecule has 2 N–H and O–H groups in total. The first-order chi connectivity index (χ1) is 12.6. The highest BCUT2D eigenvalue weighted by molar-refractivity contribution is 14.0. The second-order valence-electron chi connectivity index (χ2n) is 6.05. The molecule has 27 heavy (non-hydrogen) atoms. The molecule has 0 aliphatic rings. The van der Waals surface area contributed by atoms with Crippen molar-refractivity contribution in [2.75, 3.05) is 20.1 Å². The van der Waals surface area contributed by atoms with E-state index >= 15 is 0 Å². The van der Waals surface area contributed by atoms with Crippen LogP contribution in [0.2, 0.25) is 0 Å². The van der Waals surface area contributed by atoms with Crippen LogP contribution in [-0.4, -0.2) is 36.9 Å². The monoisotopic (exact) mass is 484 g/mol. The summed E-state index contributed by atoms with van der Waals surface area (Å²) in [7, 11) is 1.97. The Morgan fingerprint density at radius 2 is 1.81 bits per heavy atom. The Morgan fingerprint density at radius 1 is 1.11 bits per heavy atom. The van der Waals surface area contributed by atoms with Gasteiger partial charge in [0.15, 0.2) is 5.96 Å². The molecule has 0 bridgehead atoms. The smallest absolute Gasteiger partial charge is 0.242 e. The summed E-state index contributed by atoms with van der Waals surface area (Å²) in [6, 6.07) is 12.2. The predicted molar refractivity (Wildman–Crippen MR) is 119 cm³/mol. The van der Waals surface area contributed by atoms with Crippen molar-refractivity contribution in [2.45, 2.75) is 33.4 Å². The van der Waals surface area contributed by atoms with Crippen molar-refractivity contribution < 1.29 is 9.21 Å². The van der Waals surface area contributed by atoms with Gasteiger partial charge in [-0.05, 0) is 36.6 Å². The second-order valence-corrected chi connectivity index (χ2v) is 6.05. The predicted octanol–water partition coefficient (Wildman–Crippen LogP) is 3.17. The molecule has 148 valence electrons. The number of hydrogen-bond donors (Lipinski definition) is 2. The summed E-state index contributed by atoms with van der Waals surface area (Å²) in [6.07, 6.45) is 2.62. The molecule has 2 aromatic rings. The summed E-state index contributed by atoms with van der Waals surface area (Å²) in [4.78, 5) is 18.4. The molecule has 7 heteroatoms. The van der Waals surface area contributed by atoms with Gasteiger partial charge in [-0.15, -0.1) is 24.0 Å². The number of amides is 1. The third-order valence-electron chi connectivity index (χ3n) is 3.96. The zero-order valence-corrected chi connectivity index (χ0v) is 18.5. The molecule has 1 amide bonds. The van der Waals surface area contributed by atoms with Crippen LogP contribution in [0.15, 0.2) is 52.1 Å². The molecule has 0 aliphatic carbocycles. The topological polar surface area (TPSA) is 69.9 Å². The first kappa shape index (κ1) is 23.0. The van der Waals surface area contributed by atoms with Crippen LogP contribution in [0.3, 0.4) is 0 Å². The third-order valence-corrected chi connectivity index (χ3v) is 3.96. The number of benzene rings is 1. The number of nitrogens with zero attached hydrogens (tertiary/aromatic N) is 2. The van der Waals surface area contributed by atoms with Crippen LogP contribution >= 0.6 is 24.0 Å². The molecular weight excluding hydrogens is 455 g/mol. The molecule has 0 aliphatic heterocycles. The van der Waals surface area contributed by atoms with Gasteiger partial charge in [-0.25, -0.2) is 4.99 Å². The van der Waals surface area contributed by atoms with E-state index in [0.717, 1.165) is 25.3 Å². The van der Waals surface area contributed by atoms with Gasteiger partial charge in [-0.1, -0.05) is 31.2 Å². The Bertz CT molecular complexity index is 699. The van der Waals surface area contributed by atoms with E-state index in [1.165, 1.54) is 11.1 Å². The molecule has 1 aromatic carbocycles. The number of halogens is 1. The maximum atomic E-state index is 12.0. The highest BCUT2D eigenvalue weighted by Gasteiger charge is 2.08. The van der Waals surface area contributed by atoms with Crippen LogP contribution in [0.5, 0.6) is 0 Å². The quantitative estimate of drug-likeness (QED) is 0.343. The molecule has 0 fully saturated rings. The maximum absolute atomic E-state index is 12.0. The molecule has 0 saturated carbocycles. The number of aliphatic imine (C=N–C) groups is 1. The lowest BCUT2D eigenvalue weighted by molar-refractivity contribution is -0.119. The van der Waals surface area contributed by atoms with E-state index in [1.807, 2.05) is 24.9 Å². The summed E-state index contributed by atoms with van der Waals surface area (Å²) in [6.45, 7) is 6.07. The maximum Gasteiger partial charge on any atom is 0.242 e. The Hall–Kier alpha value is -2.03. The van der Waals surface area contributed by atoms with E-state index < -0.39 is 0 Å². The normalized spacial score (nSPS) is 10.9. The number of carbonyl (C=O) groups is 1. The van der Waals surface area contributed by atoms with Gasteiger partial charge in [0.1, 0.15) is 12.3 Å². The summed E-state index contributed by atoms with van der Waals surface area (Å²) in [5, 5.41) is 6.03. The second kappa shape index (κ2) is 12.4. The lowest BCUT2D eigenvalue weighted by Crippen LogP contribution is -2.39. The number of carbonyl (C=O) groups excluding carboxylic acids is 1.